The van der Waals surface area contributed by atoms with E-state index in [2.05, 4.69) is 29.4 Å². The lowest BCUT2D eigenvalue weighted by Gasteiger charge is -2.03. The minimum atomic E-state index is -0.0747. The van der Waals surface area contributed by atoms with E-state index in [0.29, 0.717) is 30.7 Å². The normalized spacial score (nSPS) is 12.4. The van der Waals surface area contributed by atoms with Crippen LogP contribution in [0.3, 0.4) is 0 Å². The number of hydrogen-bond acceptors (Lipinski definition) is 5. The molecule has 0 saturated carbocycles. The standard InChI is InChI=1S/C12H21N3O2S/c1-4-6-9(3)11-14-15-12(18-11)13-10(16)7-8-17-5-2/h9H,4-8H2,1-3H3,(H,13,15,16)/t9-/m0/s1. The first-order valence-corrected chi connectivity index (χ1v) is 7.20. The summed E-state index contributed by atoms with van der Waals surface area (Å²) in [5, 5.41) is 12.4. The molecule has 0 radical (unpaired) electrons. The molecular weight excluding hydrogens is 250 g/mol. The van der Waals surface area contributed by atoms with Gasteiger partial charge < -0.3 is 10.1 Å². The molecule has 0 saturated heterocycles. The van der Waals surface area contributed by atoms with Gasteiger partial charge in [0.05, 0.1) is 13.0 Å². The Morgan fingerprint density at radius 3 is 2.89 bits per heavy atom. The molecular formula is C12H21N3O2S. The van der Waals surface area contributed by atoms with E-state index in [1.807, 2.05) is 6.92 Å². The number of rotatable bonds is 8. The van der Waals surface area contributed by atoms with Crippen LogP contribution in [0.2, 0.25) is 0 Å². The van der Waals surface area contributed by atoms with Gasteiger partial charge in [0.25, 0.3) is 0 Å². The van der Waals surface area contributed by atoms with Gasteiger partial charge in [0.15, 0.2) is 0 Å². The van der Waals surface area contributed by atoms with Gasteiger partial charge in [-0.15, -0.1) is 10.2 Å². The summed E-state index contributed by atoms with van der Waals surface area (Å²) in [6, 6.07) is 0. The van der Waals surface area contributed by atoms with Crippen molar-refractivity contribution < 1.29 is 9.53 Å². The number of amides is 1. The van der Waals surface area contributed by atoms with Gasteiger partial charge in [-0.05, 0) is 13.3 Å². The maximum Gasteiger partial charge on any atom is 0.228 e. The molecule has 1 amide bonds. The van der Waals surface area contributed by atoms with E-state index in [0.717, 1.165) is 17.8 Å². The largest absolute Gasteiger partial charge is 0.381 e. The van der Waals surface area contributed by atoms with Crippen molar-refractivity contribution in [2.24, 2.45) is 0 Å². The molecule has 1 aromatic heterocycles. The van der Waals surface area contributed by atoms with Gasteiger partial charge in [0.2, 0.25) is 11.0 Å². The molecule has 5 nitrogen and oxygen atoms in total. The first-order chi connectivity index (χ1) is 8.67. The van der Waals surface area contributed by atoms with Crippen LogP contribution in [0.25, 0.3) is 0 Å². The zero-order valence-corrected chi connectivity index (χ0v) is 12.0. The topological polar surface area (TPSA) is 64.1 Å². The SMILES string of the molecule is CCC[C@H](C)c1nnc(NC(=O)CCOCC)s1. The van der Waals surface area contributed by atoms with Crippen molar-refractivity contribution in [1.29, 1.82) is 0 Å². The molecule has 0 fully saturated rings. The van der Waals surface area contributed by atoms with Crippen LogP contribution < -0.4 is 5.32 Å². The highest BCUT2D eigenvalue weighted by Crippen LogP contribution is 2.26. The molecule has 0 aliphatic heterocycles. The van der Waals surface area contributed by atoms with Crippen LogP contribution in [-0.4, -0.2) is 29.3 Å². The number of hydrogen-bond donors (Lipinski definition) is 1. The van der Waals surface area contributed by atoms with Crippen LogP contribution in [0.1, 0.15) is 51.0 Å². The summed E-state index contributed by atoms with van der Waals surface area (Å²) in [5.74, 6) is 0.330. The highest BCUT2D eigenvalue weighted by Gasteiger charge is 2.12. The van der Waals surface area contributed by atoms with Crippen LogP contribution in [0, 0.1) is 0 Å². The molecule has 6 heteroatoms. The fraction of sp³-hybridized carbons (Fsp3) is 0.750. The zero-order valence-electron chi connectivity index (χ0n) is 11.2. The summed E-state index contributed by atoms with van der Waals surface area (Å²) >= 11 is 1.45. The molecule has 1 aromatic rings. The van der Waals surface area contributed by atoms with Crippen molar-refractivity contribution in [3.05, 3.63) is 5.01 Å². The minimum Gasteiger partial charge on any atom is -0.381 e. The number of carbonyl (C=O) groups is 1. The molecule has 1 atom stereocenters. The van der Waals surface area contributed by atoms with E-state index in [1.165, 1.54) is 11.3 Å². The Labute approximate surface area is 112 Å². The van der Waals surface area contributed by atoms with Crippen LogP contribution in [-0.2, 0) is 9.53 Å². The lowest BCUT2D eigenvalue weighted by Crippen LogP contribution is -2.13. The van der Waals surface area contributed by atoms with Gasteiger partial charge in [0.1, 0.15) is 5.01 Å². The molecule has 0 bridgehead atoms. The lowest BCUT2D eigenvalue weighted by molar-refractivity contribution is -0.117. The molecule has 1 N–H and O–H groups in total. The monoisotopic (exact) mass is 271 g/mol. The maximum absolute atomic E-state index is 11.5. The number of anilines is 1. The summed E-state index contributed by atoms with van der Waals surface area (Å²) in [6.07, 6.45) is 2.57. The Hall–Kier alpha value is -1.01. The van der Waals surface area contributed by atoms with Crippen LogP contribution in [0.4, 0.5) is 5.13 Å². The van der Waals surface area contributed by atoms with Gasteiger partial charge in [-0.3, -0.25) is 4.79 Å². The maximum atomic E-state index is 11.5. The zero-order chi connectivity index (χ0) is 13.4. The van der Waals surface area contributed by atoms with E-state index >= 15 is 0 Å². The summed E-state index contributed by atoms with van der Waals surface area (Å²) in [4.78, 5) is 11.5. The smallest absolute Gasteiger partial charge is 0.228 e. The van der Waals surface area contributed by atoms with E-state index in [-0.39, 0.29) is 5.91 Å². The second kappa shape index (κ2) is 8.16. The van der Waals surface area contributed by atoms with Gasteiger partial charge >= 0.3 is 0 Å². The average molecular weight is 271 g/mol. The van der Waals surface area contributed by atoms with Gasteiger partial charge in [-0.25, -0.2) is 0 Å². The quantitative estimate of drug-likeness (QED) is 0.738. The van der Waals surface area contributed by atoms with E-state index in [9.17, 15) is 4.79 Å². The molecule has 102 valence electrons. The number of nitrogens with one attached hydrogen (secondary N) is 1. The molecule has 0 spiro atoms. The second-order valence-electron chi connectivity index (χ2n) is 4.13. The first kappa shape index (κ1) is 15.0. The molecule has 18 heavy (non-hydrogen) atoms. The fourth-order valence-electron chi connectivity index (χ4n) is 1.53. The predicted octanol–water partition coefficient (Wildman–Crippen LogP) is 2.81. The summed E-state index contributed by atoms with van der Waals surface area (Å²) in [7, 11) is 0. The number of carbonyl (C=O) groups excluding carboxylic acids is 1. The van der Waals surface area contributed by atoms with Gasteiger partial charge in [-0.2, -0.15) is 0 Å². The highest BCUT2D eigenvalue weighted by molar-refractivity contribution is 7.15. The Morgan fingerprint density at radius 1 is 1.44 bits per heavy atom. The Balaban J connectivity index is 2.41. The molecule has 0 unspecified atom stereocenters. The summed E-state index contributed by atoms with van der Waals surface area (Å²) in [6.45, 7) is 7.26. The second-order valence-corrected chi connectivity index (χ2v) is 5.14. The third kappa shape index (κ3) is 5.10. The number of nitrogens with zero attached hydrogens (tertiary/aromatic N) is 2. The number of ether oxygens (including phenoxy) is 1. The molecule has 1 rings (SSSR count). The average Bonchev–Trinajstić information content (AvgIpc) is 2.78. The van der Waals surface area contributed by atoms with E-state index < -0.39 is 0 Å². The van der Waals surface area contributed by atoms with Crippen molar-refractivity contribution in [3.8, 4) is 0 Å². The summed E-state index contributed by atoms with van der Waals surface area (Å²) < 4.78 is 5.12. The lowest BCUT2D eigenvalue weighted by atomic mass is 10.1. The molecule has 1 heterocycles. The van der Waals surface area contributed by atoms with Crippen molar-refractivity contribution in [2.75, 3.05) is 18.5 Å². The summed E-state index contributed by atoms with van der Waals surface area (Å²) in [5.41, 5.74) is 0. The van der Waals surface area contributed by atoms with E-state index in [1.54, 1.807) is 0 Å². The Morgan fingerprint density at radius 2 is 2.22 bits per heavy atom. The third-order valence-corrected chi connectivity index (χ3v) is 3.58. The fourth-order valence-corrected chi connectivity index (χ4v) is 2.38. The highest BCUT2D eigenvalue weighted by atomic mass is 32.1. The van der Waals surface area contributed by atoms with Crippen molar-refractivity contribution in [3.63, 3.8) is 0 Å². The first-order valence-electron chi connectivity index (χ1n) is 6.38. The molecule has 0 aliphatic carbocycles. The van der Waals surface area contributed by atoms with Crippen LogP contribution in [0.15, 0.2) is 0 Å². The van der Waals surface area contributed by atoms with Crippen molar-refractivity contribution >= 4 is 22.4 Å². The number of aromatic nitrogens is 2. The molecule has 0 aliphatic rings. The molecule has 0 aromatic carbocycles. The third-order valence-electron chi connectivity index (χ3n) is 2.51. The van der Waals surface area contributed by atoms with Gasteiger partial charge in [-0.1, -0.05) is 31.6 Å². The predicted molar refractivity (Wildman–Crippen MR) is 73.0 cm³/mol. The minimum absolute atomic E-state index is 0.0747. The Bertz CT molecular complexity index is 368. The van der Waals surface area contributed by atoms with Crippen molar-refractivity contribution in [1.82, 2.24) is 10.2 Å². The van der Waals surface area contributed by atoms with E-state index in [4.69, 9.17) is 4.74 Å². The van der Waals surface area contributed by atoms with Crippen molar-refractivity contribution in [2.45, 2.75) is 46.0 Å². The van der Waals surface area contributed by atoms with Gasteiger partial charge in [0, 0.05) is 12.5 Å². The van der Waals surface area contributed by atoms with Crippen LogP contribution >= 0.6 is 11.3 Å². The Kier molecular flexibility index (Phi) is 6.82. The van der Waals surface area contributed by atoms with Crippen LogP contribution in [0.5, 0.6) is 0 Å².